The van der Waals surface area contributed by atoms with Gasteiger partial charge < -0.3 is 19.7 Å². The van der Waals surface area contributed by atoms with E-state index in [0.29, 0.717) is 44.8 Å². The van der Waals surface area contributed by atoms with Gasteiger partial charge in [-0.1, -0.05) is 48.5 Å². The summed E-state index contributed by atoms with van der Waals surface area (Å²) < 4.78 is 37.7. The van der Waals surface area contributed by atoms with Crippen molar-refractivity contribution < 1.29 is 27.5 Å². The van der Waals surface area contributed by atoms with Crippen LogP contribution in [0.4, 0.5) is 10.5 Å². The first-order valence-electron chi connectivity index (χ1n) is 13.3. The van der Waals surface area contributed by atoms with Crippen LogP contribution in [0.3, 0.4) is 0 Å². The molecule has 2 aliphatic heterocycles. The number of para-hydroxylation sites is 1. The van der Waals surface area contributed by atoms with E-state index in [2.05, 4.69) is 17.9 Å². The normalized spacial score (nSPS) is 16.9. The van der Waals surface area contributed by atoms with Crippen molar-refractivity contribution in [1.82, 2.24) is 10.2 Å². The molecule has 1 unspecified atom stereocenters. The molecule has 1 saturated heterocycles. The molecule has 2 aromatic rings. The number of hydrogen-bond acceptors (Lipinski definition) is 7. The summed E-state index contributed by atoms with van der Waals surface area (Å²) in [4.78, 5) is 27.8. The molecule has 220 valence electrons. The molecule has 2 aliphatic rings. The van der Waals surface area contributed by atoms with Crippen LogP contribution in [0.2, 0.25) is 0 Å². The van der Waals surface area contributed by atoms with Gasteiger partial charge in [-0.2, -0.15) is 12.6 Å². The van der Waals surface area contributed by atoms with Gasteiger partial charge in [-0.25, -0.2) is 13.2 Å². The molecule has 1 atom stereocenters. The lowest BCUT2D eigenvalue weighted by Crippen LogP contribution is -2.55. The van der Waals surface area contributed by atoms with Gasteiger partial charge in [0.2, 0.25) is 15.9 Å². The Hall–Kier alpha value is -2.76. The zero-order valence-electron chi connectivity index (χ0n) is 23.9. The third kappa shape index (κ3) is 7.92. The zero-order valence-corrected chi connectivity index (χ0v) is 25.6. The number of sulfonamides is 1. The molecule has 40 heavy (non-hydrogen) atoms. The first-order valence-corrected chi connectivity index (χ1v) is 16.0. The summed E-state index contributed by atoms with van der Waals surface area (Å²) in [6.45, 7) is 6.84. The Morgan fingerprint density at radius 3 is 2.23 bits per heavy atom. The molecular weight excluding hydrogens is 550 g/mol. The number of thiol groups is 1. The maximum atomic E-state index is 13.6. The smallest absolute Gasteiger partial charge is 0.408 e. The van der Waals surface area contributed by atoms with Crippen LogP contribution in [0.15, 0.2) is 54.6 Å². The van der Waals surface area contributed by atoms with Gasteiger partial charge in [0.25, 0.3) is 0 Å². The van der Waals surface area contributed by atoms with Crippen LogP contribution >= 0.6 is 12.6 Å². The highest BCUT2D eigenvalue weighted by atomic mass is 32.2. The lowest BCUT2D eigenvalue weighted by Gasteiger charge is -2.40. The molecular formula is C29H41N3O6S2. The fraction of sp³-hybridized carbons (Fsp3) is 0.517. The fourth-order valence-electron chi connectivity index (χ4n) is 5.18. The number of anilines is 1. The van der Waals surface area contributed by atoms with Crippen LogP contribution in [0.25, 0.3) is 0 Å². The lowest BCUT2D eigenvalue weighted by atomic mass is 9.74. The molecule has 2 aromatic carbocycles. The third-order valence-electron chi connectivity index (χ3n) is 7.01. The van der Waals surface area contributed by atoms with Crippen molar-refractivity contribution in [2.24, 2.45) is 0 Å². The molecule has 1 fully saturated rings. The van der Waals surface area contributed by atoms with Crippen molar-refractivity contribution in [1.29, 1.82) is 0 Å². The maximum absolute atomic E-state index is 13.6. The molecule has 0 saturated carbocycles. The van der Waals surface area contributed by atoms with Crippen LogP contribution in [-0.4, -0.2) is 75.7 Å². The summed E-state index contributed by atoms with van der Waals surface area (Å²) in [5, 5.41) is 2.70. The van der Waals surface area contributed by atoms with E-state index in [1.807, 2.05) is 54.6 Å². The SMILES string of the molecule is CC(C)(C)OC(=O)NC(COCc1ccccc1)C(=O)N1CCC2(CC1)CN(S(C)(=O)=O)c1ccccc12.CS. The van der Waals surface area contributed by atoms with Gasteiger partial charge in [0, 0.05) is 25.0 Å². The predicted molar refractivity (Wildman–Crippen MR) is 160 cm³/mol. The zero-order chi connectivity index (χ0) is 29.6. The summed E-state index contributed by atoms with van der Waals surface area (Å²) >= 11 is 3.53. The Morgan fingerprint density at radius 1 is 1.02 bits per heavy atom. The molecule has 11 heteroatoms. The standard InChI is InChI=1S/C28H37N3O6S.CH4S/c1-27(2,3)37-26(33)29-23(19-36-18-21-10-6-5-7-11-21)25(32)30-16-14-28(15-17-30)20-31(38(4,34)35)24-13-9-8-12-22(24)28;1-2/h5-13,23H,14-20H2,1-4H3,(H,29,33);2H,1H3. The Morgan fingerprint density at radius 2 is 1.62 bits per heavy atom. The second kappa shape index (κ2) is 13.3. The number of nitrogens with zero attached hydrogens (tertiary/aromatic N) is 2. The molecule has 0 aromatic heterocycles. The number of carbonyl (C=O) groups is 2. The van der Waals surface area contributed by atoms with Crippen molar-refractivity contribution in [2.45, 2.75) is 57.3 Å². The first-order chi connectivity index (χ1) is 18.9. The van der Waals surface area contributed by atoms with Crippen LogP contribution in [0.5, 0.6) is 0 Å². The largest absolute Gasteiger partial charge is 0.444 e. The van der Waals surface area contributed by atoms with E-state index in [0.717, 1.165) is 11.1 Å². The van der Waals surface area contributed by atoms with Crippen LogP contribution in [0.1, 0.15) is 44.7 Å². The van der Waals surface area contributed by atoms with Crippen LogP contribution < -0.4 is 9.62 Å². The first kappa shape index (κ1) is 31.8. The van der Waals surface area contributed by atoms with E-state index in [1.54, 1.807) is 31.9 Å². The average molecular weight is 592 g/mol. The lowest BCUT2D eigenvalue weighted by molar-refractivity contribution is -0.136. The van der Waals surface area contributed by atoms with Crippen molar-refractivity contribution in [3.05, 3.63) is 65.7 Å². The van der Waals surface area contributed by atoms with E-state index >= 15 is 0 Å². The number of benzene rings is 2. The molecule has 9 nitrogen and oxygen atoms in total. The monoisotopic (exact) mass is 591 g/mol. The number of piperidine rings is 1. The Balaban J connectivity index is 0.00000216. The van der Waals surface area contributed by atoms with Crippen molar-refractivity contribution in [3.8, 4) is 0 Å². The predicted octanol–water partition coefficient (Wildman–Crippen LogP) is 3.98. The maximum Gasteiger partial charge on any atom is 0.408 e. The van der Waals surface area contributed by atoms with E-state index in [9.17, 15) is 18.0 Å². The fourth-order valence-corrected chi connectivity index (χ4v) is 6.18. The molecule has 2 amide bonds. The topological polar surface area (TPSA) is 105 Å². The summed E-state index contributed by atoms with van der Waals surface area (Å²) in [5.41, 5.74) is 1.63. The van der Waals surface area contributed by atoms with Gasteiger partial charge >= 0.3 is 6.09 Å². The Labute approximate surface area is 243 Å². The van der Waals surface area contributed by atoms with Gasteiger partial charge in [0.05, 0.1) is 25.2 Å². The van der Waals surface area contributed by atoms with Gasteiger partial charge in [-0.3, -0.25) is 9.10 Å². The molecule has 0 aliphatic carbocycles. The van der Waals surface area contributed by atoms with Gasteiger partial charge in [0.1, 0.15) is 11.6 Å². The van der Waals surface area contributed by atoms with E-state index < -0.39 is 27.8 Å². The quantitative estimate of drug-likeness (QED) is 0.472. The minimum Gasteiger partial charge on any atom is -0.444 e. The van der Waals surface area contributed by atoms with Crippen molar-refractivity contribution >= 4 is 40.3 Å². The molecule has 0 bridgehead atoms. The highest BCUT2D eigenvalue weighted by molar-refractivity contribution is 7.92. The molecule has 1 spiro atoms. The Bertz CT molecular complexity index is 1260. The third-order valence-corrected chi connectivity index (χ3v) is 8.13. The molecule has 0 radical (unpaired) electrons. The number of likely N-dealkylation sites (tertiary alicyclic amines) is 1. The summed E-state index contributed by atoms with van der Waals surface area (Å²) in [6.07, 6.45) is 3.47. The number of hydrogen-bond donors (Lipinski definition) is 2. The van der Waals surface area contributed by atoms with Gasteiger partial charge in [-0.05, 0) is 57.1 Å². The van der Waals surface area contributed by atoms with Crippen molar-refractivity contribution in [2.75, 3.05) is 43.1 Å². The average Bonchev–Trinajstić information content (AvgIpc) is 3.23. The summed E-state index contributed by atoms with van der Waals surface area (Å²) in [7, 11) is -3.42. The number of fused-ring (bicyclic) bond motifs is 2. The van der Waals surface area contributed by atoms with Crippen LogP contribution in [0, 0.1) is 0 Å². The summed E-state index contributed by atoms with van der Waals surface area (Å²) in [5.74, 6) is -0.245. The van der Waals surface area contributed by atoms with Gasteiger partial charge in [-0.15, -0.1) is 0 Å². The highest BCUT2D eigenvalue weighted by Crippen LogP contribution is 2.47. The van der Waals surface area contributed by atoms with E-state index in [-0.39, 0.29) is 17.9 Å². The number of rotatable bonds is 7. The Kier molecular flexibility index (Phi) is 10.5. The number of ether oxygens (including phenoxy) is 2. The van der Waals surface area contributed by atoms with Crippen LogP contribution in [-0.2, 0) is 36.3 Å². The van der Waals surface area contributed by atoms with E-state index in [1.165, 1.54) is 10.6 Å². The number of nitrogens with one attached hydrogen (secondary N) is 1. The molecule has 2 heterocycles. The minimum absolute atomic E-state index is 0.000692. The van der Waals surface area contributed by atoms with E-state index in [4.69, 9.17) is 9.47 Å². The second-order valence-electron chi connectivity index (χ2n) is 11.1. The number of amides is 2. The summed E-state index contributed by atoms with van der Waals surface area (Å²) in [6, 6.07) is 16.3. The highest BCUT2D eigenvalue weighted by Gasteiger charge is 2.47. The van der Waals surface area contributed by atoms with Crippen molar-refractivity contribution in [3.63, 3.8) is 0 Å². The second-order valence-corrected chi connectivity index (χ2v) is 13.0. The number of alkyl carbamates (subject to hydrolysis) is 1. The molecule has 1 N–H and O–H groups in total. The minimum atomic E-state index is -3.42. The molecule has 4 rings (SSSR count). The number of carbonyl (C=O) groups excluding carboxylic acids is 2. The van der Waals surface area contributed by atoms with Gasteiger partial charge in [0.15, 0.2) is 0 Å².